The summed E-state index contributed by atoms with van der Waals surface area (Å²) in [5.74, 6) is 1.97. The van der Waals surface area contributed by atoms with Crippen molar-refractivity contribution in [3.05, 3.63) is 18.2 Å². The number of aryl methyl sites for hydroxylation is 1. The van der Waals surface area contributed by atoms with Crippen molar-refractivity contribution in [2.24, 2.45) is 7.05 Å². The van der Waals surface area contributed by atoms with Gasteiger partial charge in [0.05, 0.1) is 0 Å². The summed E-state index contributed by atoms with van der Waals surface area (Å²) in [6, 6.07) is 0. The summed E-state index contributed by atoms with van der Waals surface area (Å²) in [5, 5.41) is 10.4. The molecule has 2 heterocycles. The SMILES string of the molecule is Cn1ccnc1C(O)C1CCCCS1. The van der Waals surface area contributed by atoms with Gasteiger partial charge in [-0.1, -0.05) is 6.42 Å². The Morgan fingerprint density at radius 3 is 3.07 bits per heavy atom. The Hall–Kier alpha value is -0.480. The Bertz CT molecular complexity index is 294. The van der Waals surface area contributed by atoms with Crippen LogP contribution in [0.5, 0.6) is 0 Å². The minimum absolute atomic E-state index is 0.338. The summed E-state index contributed by atoms with van der Waals surface area (Å²) in [7, 11) is 1.93. The van der Waals surface area contributed by atoms with E-state index < -0.39 is 6.10 Å². The van der Waals surface area contributed by atoms with Gasteiger partial charge in [0.15, 0.2) is 0 Å². The number of hydrogen-bond acceptors (Lipinski definition) is 3. The molecule has 2 unspecified atom stereocenters. The lowest BCUT2D eigenvalue weighted by Crippen LogP contribution is -2.21. The second-order valence-corrected chi connectivity index (χ2v) is 5.09. The molecule has 1 aromatic heterocycles. The van der Waals surface area contributed by atoms with Gasteiger partial charge in [-0.2, -0.15) is 11.8 Å². The van der Waals surface area contributed by atoms with Gasteiger partial charge >= 0.3 is 0 Å². The van der Waals surface area contributed by atoms with Crippen molar-refractivity contribution in [2.45, 2.75) is 30.6 Å². The van der Waals surface area contributed by atoms with E-state index >= 15 is 0 Å². The molecule has 1 aliphatic heterocycles. The minimum Gasteiger partial charge on any atom is -0.384 e. The molecule has 0 radical (unpaired) electrons. The minimum atomic E-state index is -0.403. The molecule has 1 aromatic rings. The maximum atomic E-state index is 10.1. The molecule has 0 aromatic carbocycles. The zero-order valence-corrected chi connectivity index (χ0v) is 9.20. The van der Waals surface area contributed by atoms with Crippen LogP contribution in [-0.2, 0) is 7.05 Å². The Labute approximate surface area is 88.5 Å². The van der Waals surface area contributed by atoms with Crippen LogP contribution in [-0.4, -0.2) is 25.7 Å². The monoisotopic (exact) mass is 212 g/mol. The molecule has 3 nitrogen and oxygen atoms in total. The van der Waals surface area contributed by atoms with Gasteiger partial charge in [-0.3, -0.25) is 0 Å². The second kappa shape index (κ2) is 4.36. The molecule has 0 aliphatic carbocycles. The molecule has 78 valence electrons. The van der Waals surface area contributed by atoms with E-state index in [0.29, 0.717) is 5.25 Å². The first-order chi connectivity index (χ1) is 6.79. The van der Waals surface area contributed by atoms with Crippen LogP contribution >= 0.6 is 11.8 Å². The van der Waals surface area contributed by atoms with Gasteiger partial charge in [0.2, 0.25) is 0 Å². The fourth-order valence-corrected chi connectivity index (χ4v) is 3.15. The first-order valence-electron chi connectivity index (χ1n) is 5.06. The topological polar surface area (TPSA) is 38.0 Å². The van der Waals surface area contributed by atoms with E-state index in [9.17, 15) is 5.11 Å². The number of aromatic nitrogens is 2. The van der Waals surface area contributed by atoms with Crippen molar-refractivity contribution in [1.82, 2.24) is 9.55 Å². The maximum Gasteiger partial charge on any atom is 0.138 e. The molecule has 14 heavy (non-hydrogen) atoms. The number of aliphatic hydroxyl groups is 1. The number of aliphatic hydroxyl groups excluding tert-OH is 1. The van der Waals surface area contributed by atoms with Crippen molar-refractivity contribution >= 4 is 11.8 Å². The summed E-state index contributed by atoms with van der Waals surface area (Å²) < 4.78 is 1.90. The highest BCUT2D eigenvalue weighted by atomic mass is 32.2. The van der Waals surface area contributed by atoms with Crippen molar-refractivity contribution in [3.63, 3.8) is 0 Å². The highest BCUT2D eigenvalue weighted by Crippen LogP contribution is 2.33. The lowest BCUT2D eigenvalue weighted by molar-refractivity contribution is 0.156. The average molecular weight is 212 g/mol. The maximum absolute atomic E-state index is 10.1. The second-order valence-electron chi connectivity index (χ2n) is 3.75. The van der Waals surface area contributed by atoms with Crippen molar-refractivity contribution in [1.29, 1.82) is 0 Å². The Morgan fingerprint density at radius 1 is 1.64 bits per heavy atom. The highest BCUT2D eigenvalue weighted by molar-refractivity contribution is 7.99. The summed E-state index contributed by atoms with van der Waals surface area (Å²) in [6.07, 6.45) is 6.85. The fourth-order valence-electron chi connectivity index (χ4n) is 1.84. The molecule has 0 saturated carbocycles. The zero-order chi connectivity index (χ0) is 9.97. The van der Waals surface area contributed by atoms with Gasteiger partial charge in [0, 0.05) is 24.7 Å². The number of hydrogen-bond donors (Lipinski definition) is 1. The molecule has 0 amide bonds. The van der Waals surface area contributed by atoms with Gasteiger partial charge < -0.3 is 9.67 Å². The largest absolute Gasteiger partial charge is 0.384 e. The summed E-state index contributed by atoms with van der Waals surface area (Å²) >= 11 is 1.87. The number of nitrogens with zero attached hydrogens (tertiary/aromatic N) is 2. The van der Waals surface area contributed by atoms with Crippen LogP contribution in [0.4, 0.5) is 0 Å². The van der Waals surface area contributed by atoms with E-state index in [1.54, 1.807) is 6.20 Å². The molecule has 1 aliphatic rings. The molecular weight excluding hydrogens is 196 g/mol. The van der Waals surface area contributed by atoms with E-state index in [1.165, 1.54) is 18.6 Å². The summed E-state index contributed by atoms with van der Waals surface area (Å²) in [4.78, 5) is 4.19. The van der Waals surface area contributed by atoms with Gasteiger partial charge in [-0.15, -0.1) is 0 Å². The molecule has 1 fully saturated rings. The zero-order valence-electron chi connectivity index (χ0n) is 8.39. The summed E-state index contributed by atoms with van der Waals surface area (Å²) in [5.41, 5.74) is 0. The van der Waals surface area contributed by atoms with Gasteiger partial charge in [0.1, 0.15) is 11.9 Å². The predicted molar refractivity (Wildman–Crippen MR) is 58.3 cm³/mol. The number of thioether (sulfide) groups is 1. The van der Waals surface area contributed by atoms with Crippen LogP contribution in [0.2, 0.25) is 0 Å². The smallest absolute Gasteiger partial charge is 0.138 e. The highest BCUT2D eigenvalue weighted by Gasteiger charge is 2.26. The molecular formula is C10H16N2OS. The van der Waals surface area contributed by atoms with Gasteiger partial charge in [-0.25, -0.2) is 4.98 Å². The lowest BCUT2D eigenvalue weighted by Gasteiger charge is -2.25. The van der Waals surface area contributed by atoms with E-state index in [1.807, 2.05) is 29.6 Å². The lowest BCUT2D eigenvalue weighted by atomic mass is 10.1. The first-order valence-corrected chi connectivity index (χ1v) is 6.11. The van der Waals surface area contributed by atoms with Crippen LogP contribution in [0.15, 0.2) is 12.4 Å². The molecule has 0 spiro atoms. The first kappa shape index (κ1) is 10.1. The molecule has 2 atom stereocenters. The van der Waals surface area contributed by atoms with E-state index in [4.69, 9.17) is 0 Å². The van der Waals surface area contributed by atoms with Crippen molar-refractivity contribution in [2.75, 3.05) is 5.75 Å². The van der Waals surface area contributed by atoms with E-state index in [0.717, 1.165) is 12.2 Å². The predicted octanol–water partition coefficient (Wildman–Crippen LogP) is 1.74. The van der Waals surface area contributed by atoms with Crippen LogP contribution in [0.25, 0.3) is 0 Å². The molecule has 2 rings (SSSR count). The van der Waals surface area contributed by atoms with Crippen molar-refractivity contribution < 1.29 is 5.11 Å². The van der Waals surface area contributed by atoms with E-state index in [2.05, 4.69) is 4.98 Å². The molecule has 0 bridgehead atoms. The van der Waals surface area contributed by atoms with Crippen LogP contribution in [0, 0.1) is 0 Å². The Morgan fingerprint density at radius 2 is 2.50 bits per heavy atom. The normalized spacial score (nSPS) is 24.9. The number of imidazole rings is 1. The van der Waals surface area contributed by atoms with Crippen LogP contribution in [0.3, 0.4) is 0 Å². The average Bonchev–Trinajstić information content (AvgIpc) is 2.65. The van der Waals surface area contributed by atoms with Gasteiger partial charge in [-0.05, 0) is 18.6 Å². The third-order valence-corrected chi connectivity index (χ3v) is 4.14. The standard InChI is InChI=1S/C10H16N2OS/c1-12-6-5-11-10(12)9(13)8-4-2-3-7-14-8/h5-6,8-9,13H,2-4,7H2,1H3. The quantitative estimate of drug-likeness (QED) is 0.811. The molecule has 4 heteroatoms. The third kappa shape index (κ3) is 1.96. The summed E-state index contributed by atoms with van der Waals surface area (Å²) in [6.45, 7) is 0. The van der Waals surface area contributed by atoms with Crippen LogP contribution in [0.1, 0.15) is 31.2 Å². The molecule has 1 saturated heterocycles. The third-order valence-electron chi connectivity index (χ3n) is 2.69. The van der Waals surface area contributed by atoms with E-state index in [-0.39, 0.29) is 0 Å². The van der Waals surface area contributed by atoms with Crippen LogP contribution < -0.4 is 0 Å². The Balaban J connectivity index is 2.07. The Kier molecular flexibility index (Phi) is 3.13. The number of rotatable bonds is 2. The molecule has 1 N–H and O–H groups in total. The fraction of sp³-hybridized carbons (Fsp3) is 0.700. The van der Waals surface area contributed by atoms with Crippen molar-refractivity contribution in [3.8, 4) is 0 Å². The van der Waals surface area contributed by atoms with Gasteiger partial charge in [0.25, 0.3) is 0 Å².